The summed E-state index contributed by atoms with van der Waals surface area (Å²) in [5.41, 5.74) is 0.729. The molecule has 1 aliphatic heterocycles. The Hall–Kier alpha value is -2.85. The van der Waals surface area contributed by atoms with Crippen LogP contribution in [0.2, 0.25) is 0 Å². The van der Waals surface area contributed by atoms with Gasteiger partial charge >= 0.3 is 0 Å². The monoisotopic (exact) mass is 484 g/mol. The maximum Gasteiger partial charge on any atom is 0.255 e. The van der Waals surface area contributed by atoms with Gasteiger partial charge in [-0.15, -0.1) is 11.8 Å². The average molecular weight is 485 g/mol. The maximum absolute atomic E-state index is 13.1. The average Bonchev–Trinajstić information content (AvgIpc) is 2.86. The van der Waals surface area contributed by atoms with Crippen molar-refractivity contribution in [2.45, 2.75) is 9.79 Å². The number of benzene rings is 3. The third-order valence-electron chi connectivity index (χ3n) is 5.13. The molecule has 0 saturated carbocycles. The zero-order chi connectivity index (χ0) is 23.3. The second kappa shape index (κ2) is 10.4. The second-order valence-electron chi connectivity index (χ2n) is 7.27. The SMILES string of the molecule is CSc1ccc(C(=O)Nc2cc(S(=O)(=O)N3CCOCC3)ccc2Oc2ccccc2)cc1. The molecular weight excluding hydrogens is 460 g/mol. The Kier molecular flexibility index (Phi) is 7.34. The third-order valence-corrected chi connectivity index (χ3v) is 7.77. The standard InChI is InChI=1S/C24H24N2O5S2/c1-32-20-9-7-18(8-10-20)24(27)25-22-17-21(33(28,29)26-13-15-30-16-14-26)11-12-23(22)31-19-5-3-2-4-6-19/h2-12,17H,13-16H2,1H3,(H,25,27). The van der Waals surface area contributed by atoms with E-state index < -0.39 is 10.0 Å². The number of thioether (sulfide) groups is 1. The molecule has 3 aromatic rings. The quantitative estimate of drug-likeness (QED) is 0.498. The Balaban J connectivity index is 1.67. The van der Waals surface area contributed by atoms with Gasteiger partial charge in [-0.25, -0.2) is 8.42 Å². The second-order valence-corrected chi connectivity index (χ2v) is 10.1. The summed E-state index contributed by atoms with van der Waals surface area (Å²) in [5, 5.41) is 2.82. The predicted molar refractivity (Wildman–Crippen MR) is 129 cm³/mol. The van der Waals surface area contributed by atoms with Crippen molar-refractivity contribution < 1.29 is 22.7 Å². The molecule has 0 aromatic heterocycles. The Morgan fingerprint density at radius 1 is 1.00 bits per heavy atom. The van der Waals surface area contributed by atoms with Gasteiger partial charge in [0.05, 0.1) is 23.8 Å². The van der Waals surface area contributed by atoms with E-state index in [2.05, 4.69) is 5.32 Å². The van der Waals surface area contributed by atoms with Gasteiger partial charge in [-0.2, -0.15) is 4.31 Å². The molecule has 0 unspecified atom stereocenters. The van der Waals surface area contributed by atoms with Crippen LogP contribution in [0, 0.1) is 0 Å². The molecule has 9 heteroatoms. The number of nitrogens with one attached hydrogen (secondary N) is 1. The van der Waals surface area contributed by atoms with E-state index in [1.54, 1.807) is 42.1 Å². The number of morpholine rings is 1. The topological polar surface area (TPSA) is 84.9 Å². The van der Waals surface area contributed by atoms with E-state index in [0.29, 0.717) is 30.3 Å². The van der Waals surface area contributed by atoms with Gasteiger partial charge in [0, 0.05) is 23.5 Å². The highest BCUT2D eigenvalue weighted by atomic mass is 32.2. The van der Waals surface area contributed by atoms with Crippen LogP contribution in [0.5, 0.6) is 11.5 Å². The van der Waals surface area contributed by atoms with Gasteiger partial charge in [0.2, 0.25) is 10.0 Å². The van der Waals surface area contributed by atoms with Crippen molar-refractivity contribution in [2.24, 2.45) is 0 Å². The van der Waals surface area contributed by atoms with Crippen LogP contribution < -0.4 is 10.1 Å². The van der Waals surface area contributed by atoms with Crippen molar-refractivity contribution in [1.82, 2.24) is 4.31 Å². The smallest absolute Gasteiger partial charge is 0.255 e. The molecule has 7 nitrogen and oxygen atoms in total. The summed E-state index contributed by atoms with van der Waals surface area (Å²) in [4.78, 5) is 14.1. The number of nitrogens with zero attached hydrogens (tertiary/aromatic N) is 1. The number of carbonyl (C=O) groups excluding carboxylic acids is 1. The number of carbonyl (C=O) groups is 1. The fraction of sp³-hybridized carbons (Fsp3) is 0.208. The van der Waals surface area contributed by atoms with Crippen LogP contribution in [0.15, 0.2) is 82.6 Å². The van der Waals surface area contributed by atoms with E-state index in [1.807, 2.05) is 36.6 Å². The van der Waals surface area contributed by atoms with Gasteiger partial charge in [-0.05, 0) is 60.9 Å². The van der Waals surface area contributed by atoms with Gasteiger partial charge in [0.25, 0.3) is 5.91 Å². The normalized spacial score (nSPS) is 14.6. The van der Waals surface area contributed by atoms with Crippen molar-refractivity contribution in [1.29, 1.82) is 0 Å². The molecule has 1 fully saturated rings. The van der Waals surface area contributed by atoms with Gasteiger partial charge < -0.3 is 14.8 Å². The lowest BCUT2D eigenvalue weighted by Crippen LogP contribution is -2.40. The molecule has 0 radical (unpaired) electrons. The first kappa shape index (κ1) is 23.3. The summed E-state index contributed by atoms with van der Waals surface area (Å²) < 4.78 is 38.9. The van der Waals surface area contributed by atoms with Crippen LogP contribution >= 0.6 is 11.8 Å². The highest BCUT2D eigenvalue weighted by Gasteiger charge is 2.27. The van der Waals surface area contributed by atoms with E-state index in [-0.39, 0.29) is 29.6 Å². The van der Waals surface area contributed by atoms with Crippen LogP contribution in [0.4, 0.5) is 5.69 Å². The summed E-state index contributed by atoms with van der Waals surface area (Å²) in [6.07, 6.45) is 1.96. The number of ether oxygens (including phenoxy) is 2. The van der Waals surface area contributed by atoms with Crippen molar-refractivity contribution in [3.8, 4) is 11.5 Å². The summed E-state index contributed by atoms with van der Waals surface area (Å²) >= 11 is 1.58. The first-order valence-electron chi connectivity index (χ1n) is 10.4. The van der Waals surface area contributed by atoms with E-state index in [0.717, 1.165) is 4.90 Å². The van der Waals surface area contributed by atoms with Crippen LogP contribution in [0.1, 0.15) is 10.4 Å². The Labute approximate surface area is 197 Å². The van der Waals surface area contributed by atoms with Crippen LogP contribution in [-0.4, -0.2) is 51.2 Å². The minimum absolute atomic E-state index is 0.0813. The Bertz CT molecular complexity index is 1210. The lowest BCUT2D eigenvalue weighted by Gasteiger charge is -2.26. The highest BCUT2D eigenvalue weighted by Crippen LogP contribution is 2.33. The number of para-hydroxylation sites is 1. The van der Waals surface area contributed by atoms with Crippen LogP contribution in [-0.2, 0) is 14.8 Å². The minimum atomic E-state index is -3.74. The minimum Gasteiger partial charge on any atom is -0.455 e. The van der Waals surface area contributed by atoms with Crippen molar-refractivity contribution in [2.75, 3.05) is 37.9 Å². The molecule has 0 aliphatic carbocycles. The van der Waals surface area contributed by atoms with Gasteiger partial charge in [-0.3, -0.25) is 4.79 Å². The van der Waals surface area contributed by atoms with Gasteiger partial charge in [0.15, 0.2) is 5.75 Å². The molecule has 3 aromatic carbocycles. The number of hydrogen-bond donors (Lipinski definition) is 1. The molecule has 1 N–H and O–H groups in total. The maximum atomic E-state index is 13.1. The summed E-state index contributed by atoms with van der Waals surface area (Å²) in [7, 11) is -3.74. The lowest BCUT2D eigenvalue weighted by atomic mass is 10.2. The molecule has 33 heavy (non-hydrogen) atoms. The molecule has 172 valence electrons. The van der Waals surface area contributed by atoms with Crippen LogP contribution in [0.25, 0.3) is 0 Å². The Morgan fingerprint density at radius 2 is 1.70 bits per heavy atom. The van der Waals surface area contributed by atoms with E-state index in [1.165, 1.54) is 16.4 Å². The predicted octanol–water partition coefficient (Wildman–Crippen LogP) is 4.47. The Morgan fingerprint density at radius 3 is 2.36 bits per heavy atom. The first-order valence-corrected chi connectivity index (χ1v) is 13.0. The summed E-state index contributed by atoms with van der Waals surface area (Å²) in [6, 6.07) is 20.8. The molecule has 0 bridgehead atoms. The molecular formula is C24H24N2O5S2. The number of amides is 1. The van der Waals surface area contributed by atoms with Crippen LogP contribution in [0.3, 0.4) is 0 Å². The first-order chi connectivity index (χ1) is 16.0. The van der Waals surface area contributed by atoms with Crippen molar-refractivity contribution in [3.63, 3.8) is 0 Å². The summed E-state index contributed by atoms with van der Waals surface area (Å²) in [6.45, 7) is 1.27. The third kappa shape index (κ3) is 5.56. The molecule has 0 atom stereocenters. The van der Waals surface area contributed by atoms with Gasteiger partial charge in [0.1, 0.15) is 5.75 Å². The van der Waals surface area contributed by atoms with E-state index in [9.17, 15) is 13.2 Å². The number of rotatable bonds is 7. The molecule has 1 heterocycles. The molecule has 4 rings (SSSR count). The van der Waals surface area contributed by atoms with E-state index in [4.69, 9.17) is 9.47 Å². The number of hydrogen-bond acceptors (Lipinski definition) is 6. The van der Waals surface area contributed by atoms with Crippen molar-refractivity contribution in [3.05, 3.63) is 78.4 Å². The lowest BCUT2D eigenvalue weighted by molar-refractivity contribution is 0.0730. The fourth-order valence-corrected chi connectivity index (χ4v) is 5.19. The molecule has 0 spiro atoms. The van der Waals surface area contributed by atoms with E-state index >= 15 is 0 Å². The molecule has 1 aliphatic rings. The van der Waals surface area contributed by atoms with Gasteiger partial charge in [-0.1, -0.05) is 18.2 Å². The summed E-state index contributed by atoms with van der Waals surface area (Å²) in [5.74, 6) is 0.554. The number of sulfonamides is 1. The zero-order valence-electron chi connectivity index (χ0n) is 18.1. The van der Waals surface area contributed by atoms with Crippen molar-refractivity contribution >= 4 is 33.4 Å². The largest absolute Gasteiger partial charge is 0.455 e. The highest BCUT2D eigenvalue weighted by molar-refractivity contribution is 7.98. The fourth-order valence-electron chi connectivity index (χ4n) is 3.34. The molecule has 1 amide bonds. The molecule has 1 saturated heterocycles. The zero-order valence-corrected chi connectivity index (χ0v) is 19.7. The number of anilines is 1.